The lowest BCUT2D eigenvalue weighted by Crippen LogP contribution is -2.36. The summed E-state index contributed by atoms with van der Waals surface area (Å²) in [6, 6.07) is 9.66. The summed E-state index contributed by atoms with van der Waals surface area (Å²) >= 11 is 0. The minimum Gasteiger partial charge on any atom is -0.423 e. The van der Waals surface area contributed by atoms with Gasteiger partial charge < -0.3 is 10.1 Å². The Morgan fingerprint density at radius 3 is 2.57 bits per heavy atom. The van der Waals surface area contributed by atoms with Crippen molar-refractivity contribution in [3.63, 3.8) is 0 Å². The lowest BCUT2D eigenvalue weighted by Gasteiger charge is -2.26. The van der Waals surface area contributed by atoms with Gasteiger partial charge >= 0.3 is 5.97 Å². The number of carbonyl (C=O) groups is 2. The molecule has 2 aliphatic rings. The maximum absolute atomic E-state index is 13.1. The summed E-state index contributed by atoms with van der Waals surface area (Å²) in [6.45, 7) is 2.73. The average molecular weight is 429 g/mol. The van der Waals surface area contributed by atoms with Crippen LogP contribution in [0.1, 0.15) is 47.2 Å². The molecule has 0 unspecified atom stereocenters. The number of hydrogen-bond acceptors (Lipinski definition) is 5. The summed E-state index contributed by atoms with van der Waals surface area (Å²) < 4.78 is 33.1. The van der Waals surface area contributed by atoms with E-state index in [0.717, 1.165) is 30.5 Å². The molecule has 0 spiro atoms. The highest BCUT2D eigenvalue weighted by atomic mass is 32.2. The topological polar surface area (TPSA) is 92.8 Å². The van der Waals surface area contributed by atoms with Crippen LogP contribution >= 0.6 is 0 Å². The minimum atomic E-state index is -3.65. The van der Waals surface area contributed by atoms with Crippen molar-refractivity contribution in [2.75, 3.05) is 18.4 Å². The number of carbonyl (C=O) groups excluding carboxylic acids is 2. The predicted octanol–water partition coefficient (Wildman–Crippen LogP) is 3.27. The van der Waals surface area contributed by atoms with Gasteiger partial charge in [0.25, 0.3) is 0 Å². The molecule has 0 aliphatic carbocycles. The predicted molar refractivity (Wildman–Crippen MR) is 112 cm³/mol. The zero-order valence-corrected chi connectivity index (χ0v) is 17.6. The molecule has 0 bridgehead atoms. The number of ether oxygens (including phenoxy) is 1. The highest BCUT2D eigenvalue weighted by molar-refractivity contribution is 7.89. The first-order chi connectivity index (χ1) is 14.3. The number of nitrogens with one attached hydrogen (secondary N) is 1. The average Bonchev–Trinajstić information content (AvgIpc) is 2.74. The van der Waals surface area contributed by atoms with Crippen LogP contribution in [0.5, 0.6) is 5.75 Å². The fourth-order valence-electron chi connectivity index (χ4n) is 3.84. The number of hydrogen-bond donors (Lipinski definition) is 1. The molecule has 2 aliphatic heterocycles. The van der Waals surface area contributed by atoms with Gasteiger partial charge in [0.2, 0.25) is 15.9 Å². The first kappa shape index (κ1) is 20.6. The minimum absolute atomic E-state index is 0.0330. The fourth-order valence-corrected chi connectivity index (χ4v) is 5.61. The largest absolute Gasteiger partial charge is 0.423 e. The van der Waals surface area contributed by atoms with Crippen molar-refractivity contribution < 1.29 is 22.7 Å². The van der Waals surface area contributed by atoms with Gasteiger partial charge in [0, 0.05) is 25.2 Å². The second-order valence-electron chi connectivity index (χ2n) is 7.70. The highest BCUT2D eigenvalue weighted by Gasteiger charge is 2.28. The van der Waals surface area contributed by atoms with Crippen molar-refractivity contribution in [1.82, 2.24) is 4.31 Å². The van der Waals surface area contributed by atoms with Gasteiger partial charge in [-0.05, 0) is 67.6 Å². The van der Waals surface area contributed by atoms with Crippen LogP contribution < -0.4 is 10.1 Å². The third-order valence-electron chi connectivity index (χ3n) is 5.54. The van der Waals surface area contributed by atoms with E-state index in [1.807, 2.05) is 0 Å². The molecule has 0 atom stereocenters. The van der Waals surface area contributed by atoms with Crippen molar-refractivity contribution >= 4 is 27.6 Å². The number of fused-ring (bicyclic) bond motifs is 1. The first-order valence-electron chi connectivity index (χ1n) is 10.1. The van der Waals surface area contributed by atoms with Crippen LogP contribution in [0.3, 0.4) is 0 Å². The van der Waals surface area contributed by atoms with E-state index in [-0.39, 0.29) is 16.4 Å². The molecule has 1 saturated heterocycles. The Labute approximate surface area is 176 Å². The van der Waals surface area contributed by atoms with E-state index in [2.05, 4.69) is 5.32 Å². The molecule has 158 valence electrons. The number of benzene rings is 2. The number of sulfonamides is 1. The van der Waals surface area contributed by atoms with E-state index in [0.29, 0.717) is 37.2 Å². The number of rotatable bonds is 4. The van der Waals surface area contributed by atoms with E-state index in [9.17, 15) is 18.0 Å². The van der Waals surface area contributed by atoms with Crippen molar-refractivity contribution in [2.24, 2.45) is 0 Å². The maximum atomic E-state index is 13.1. The molecule has 0 saturated carbocycles. The highest BCUT2D eigenvalue weighted by Crippen LogP contribution is 2.28. The summed E-state index contributed by atoms with van der Waals surface area (Å²) in [7, 11) is -3.65. The second-order valence-corrected chi connectivity index (χ2v) is 9.61. The summed E-state index contributed by atoms with van der Waals surface area (Å²) in [6.07, 6.45) is 3.69. The van der Waals surface area contributed by atoms with Gasteiger partial charge in [0.05, 0.1) is 10.5 Å². The van der Waals surface area contributed by atoms with Crippen LogP contribution in [-0.2, 0) is 21.2 Å². The summed E-state index contributed by atoms with van der Waals surface area (Å²) in [4.78, 5) is 24.3. The smallest absolute Gasteiger partial charge is 0.343 e. The van der Waals surface area contributed by atoms with E-state index in [1.54, 1.807) is 37.3 Å². The summed E-state index contributed by atoms with van der Waals surface area (Å²) in [5.74, 6) is -0.296. The molecule has 1 N–H and O–H groups in total. The lowest BCUT2D eigenvalue weighted by molar-refractivity contribution is -0.116. The fraction of sp³-hybridized carbons (Fsp3) is 0.364. The van der Waals surface area contributed by atoms with Crippen LogP contribution in [0, 0.1) is 6.92 Å². The monoisotopic (exact) mass is 428 g/mol. The Bertz CT molecular complexity index is 1100. The van der Waals surface area contributed by atoms with Gasteiger partial charge in [-0.3, -0.25) is 4.79 Å². The molecule has 2 heterocycles. The van der Waals surface area contributed by atoms with Crippen molar-refractivity contribution in [2.45, 2.75) is 43.9 Å². The number of anilines is 1. The number of piperidine rings is 1. The zero-order chi connectivity index (χ0) is 21.3. The van der Waals surface area contributed by atoms with Crippen molar-refractivity contribution in [1.29, 1.82) is 0 Å². The third-order valence-corrected chi connectivity index (χ3v) is 7.58. The van der Waals surface area contributed by atoms with Crippen LogP contribution in [0.25, 0.3) is 0 Å². The molecule has 7 nitrogen and oxygen atoms in total. The van der Waals surface area contributed by atoms with Crippen molar-refractivity contribution in [3.8, 4) is 5.75 Å². The normalized spacial score (nSPS) is 17.2. The molecule has 1 fully saturated rings. The van der Waals surface area contributed by atoms with E-state index in [1.165, 1.54) is 10.4 Å². The molecule has 30 heavy (non-hydrogen) atoms. The number of aryl methyl sites for hydroxylation is 2. The second kappa shape index (κ2) is 8.20. The quantitative estimate of drug-likeness (QED) is 0.596. The number of nitrogens with zero attached hydrogens (tertiary/aromatic N) is 1. The number of esters is 1. The van der Waals surface area contributed by atoms with E-state index in [4.69, 9.17) is 4.74 Å². The van der Waals surface area contributed by atoms with E-state index < -0.39 is 16.0 Å². The van der Waals surface area contributed by atoms with Gasteiger partial charge in [0.1, 0.15) is 5.75 Å². The standard InChI is InChI=1S/C22H24N2O5S/c1-15-5-6-17(14-20(15)30(27,28)24-11-3-2-4-12-24)22(26)29-18-8-9-19-16(13-18)7-10-21(25)23-19/h5-6,8-9,13-14H,2-4,7,10-12H2,1H3,(H,23,25). The van der Waals surface area contributed by atoms with Crippen LogP contribution in [-0.4, -0.2) is 37.7 Å². The Morgan fingerprint density at radius 1 is 1.03 bits per heavy atom. The van der Waals surface area contributed by atoms with Gasteiger partial charge in [0.15, 0.2) is 0 Å². The van der Waals surface area contributed by atoms with Crippen LogP contribution in [0.15, 0.2) is 41.3 Å². The van der Waals surface area contributed by atoms with Gasteiger partial charge in [-0.1, -0.05) is 12.5 Å². The van der Waals surface area contributed by atoms with Gasteiger partial charge in [-0.15, -0.1) is 0 Å². The summed E-state index contributed by atoms with van der Waals surface area (Å²) in [5.41, 5.74) is 2.40. The summed E-state index contributed by atoms with van der Waals surface area (Å²) in [5, 5.41) is 2.78. The van der Waals surface area contributed by atoms with Gasteiger partial charge in [-0.2, -0.15) is 4.31 Å². The Kier molecular flexibility index (Phi) is 5.62. The zero-order valence-electron chi connectivity index (χ0n) is 16.8. The van der Waals surface area contributed by atoms with E-state index >= 15 is 0 Å². The maximum Gasteiger partial charge on any atom is 0.343 e. The first-order valence-corrected chi connectivity index (χ1v) is 11.5. The molecular formula is C22H24N2O5S. The molecule has 0 aromatic heterocycles. The van der Waals surface area contributed by atoms with Gasteiger partial charge in [-0.25, -0.2) is 13.2 Å². The molecular weight excluding hydrogens is 404 g/mol. The molecule has 2 aromatic carbocycles. The Morgan fingerprint density at radius 2 is 1.80 bits per heavy atom. The Balaban J connectivity index is 1.56. The Hall–Kier alpha value is -2.71. The molecule has 1 amide bonds. The molecule has 8 heteroatoms. The van der Waals surface area contributed by atoms with Crippen LogP contribution in [0.2, 0.25) is 0 Å². The molecule has 4 rings (SSSR count). The third kappa shape index (κ3) is 4.11. The molecule has 2 aromatic rings. The lowest BCUT2D eigenvalue weighted by atomic mass is 10.0. The molecule has 0 radical (unpaired) electrons. The number of amides is 1. The van der Waals surface area contributed by atoms with Crippen LogP contribution in [0.4, 0.5) is 5.69 Å². The SMILES string of the molecule is Cc1ccc(C(=O)Oc2ccc3c(c2)CCC(=O)N3)cc1S(=O)(=O)N1CCCCC1. The van der Waals surface area contributed by atoms with Crippen molar-refractivity contribution in [3.05, 3.63) is 53.1 Å².